The summed E-state index contributed by atoms with van der Waals surface area (Å²) in [5.74, 6) is -0.683. The first kappa shape index (κ1) is 40.3. The third-order valence-electron chi connectivity index (χ3n) is 9.76. The Morgan fingerprint density at radius 2 is 1.39 bits per heavy atom. The highest BCUT2D eigenvalue weighted by Crippen LogP contribution is 2.43. The molecule has 3 heterocycles. The number of carbonyl (C=O) groups excluding carboxylic acids is 2. The molecule has 4 atom stereocenters. The number of methoxy groups -OCH3 is 2. The first-order valence-corrected chi connectivity index (χ1v) is 18.6. The molecule has 0 spiro atoms. The number of nitrogens with one attached hydrogen (secondary N) is 1. The molecule has 2 aromatic heterocycles. The van der Waals surface area contributed by atoms with Crippen LogP contribution in [-0.2, 0) is 34.2 Å². The van der Waals surface area contributed by atoms with E-state index in [-0.39, 0.29) is 30.2 Å². The van der Waals surface area contributed by atoms with Gasteiger partial charge in [0.05, 0.1) is 40.0 Å². The highest BCUT2D eigenvalue weighted by Gasteiger charge is 2.49. The van der Waals surface area contributed by atoms with Crippen molar-refractivity contribution in [1.82, 2.24) is 19.5 Å². The van der Waals surface area contributed by atoms with Crippen LogP contribution < -0.4 is 19.5 Å². The predicted octanol–water partition coefficient (Wildman–Crippen LogP) is 4.90. The maximum atomic E-state index is 13.1. The minimum Gasteiger partial charge on any atom is -0.497 e. The van der Waals surface area contributed by atoms with Gasteiger partial charge in [0.25, 0.3) is 5.91 Å². The largest absolute Gasteiger partial charge is 0.497 e. The molecule has 0 radical (unpaired) electrons. The van der Waals surface area contributed by atoms with E-state index in [1.54, 1.807) is 38.5 Å². The van der Waals surface area contributed by atoms with Crippen LogP contribution in [0.2, 0.25) is 0 Å². The van der Waals surface area contributed by atoms with E-state index < -0.39 is 60.8 Å². The Kier molecular flexibility index (Phi) is 12.4. The molecular weight excluding hydrogens is 762 g/mol. The van der Waals surface area contributed by atoms with E-state index in [2.05, 4.69) is 20.3 Å². The summed E-state index contributed by atoms with van der Waals surface area (Å²) in [5.41, 5.74) is 1.28. The predicted molar refractivity (Wildman–Crippen MR) is 211 cm³/mol. The molecule has 0 aliphatic carbocycles. The van der Waals surface area contributed by atoms with E-state index in [0.717, 1.165) is 16.7 Å². The van der Waals surface area contributed by atoms with Gasteiger partial charge in [-0.2, -0.15) is 0 Å². The summed E-state index contributed by atoms with van der Waals surface area (Å²) in [4.78, 5) is 50.2. The van der Waals surface area contributed by atoms with E-state index in [1.807, 2.05) is 84.9 Å². The van der Waals surface area contributed by atoms with Crippen molar-refractivity contribution in [3.8, 4) is 17.2 Å². The summed E-state index contributed by atoms with van der Waals surface area (Å²) in [7, 11) is 3.15. The Bertz CT molecular complexity index is 2310. The molecule has 1 amide bonds. The highest BCUT2D eigenvalue weighted by atomic mass is 16.6. The number of carbonyl (C=O) groups is 3. The minimum atomic E-state index is -1.52. The summed E-state index contributed by atoms with van der Waals surface area (Å²) in [6.07, 6.45) is -3.55. The van der Waals surface area contributed by atoms with Gasteiger partial charge in [-0.15, -0.1) is 0 Å². The second-order valence-corrected chi connectivity index (χ2v) is 13.4. The van der Waals surface area contributed by atoms with Crippen molar-refractivity contribution < 1.29 is 53.0 Å². The fourth-order valence-corrected chi connectivity index (χ4v) is 6.89. The van der Waals surface area contributed by atoms with Crippen LogP contribution in [0.15, 0.2) is 122 Å². The number of para-hydroxylation sites is 1. The number of carboxylic acid groups (broad SMARTS) is 1. The molecule has 16 heteroatoms. The lowest BCUT2D eigenvalue weighted by molar-refractivity contribution is -0.160. The second-order valence-electron chi connectivity index (χ2n) is 13.4. The molecule has 3 N–H and O–H groups in total. The number of imidazole rings is 1. The molecule has 16 nitrogen and oxygen atoms in total. The zero-order valence-corrected chi connectivity index (χ0v) is 32.0. The van der Waals surface area contributed by atoms with E-state index >= 15 is 0 Å². The van der Waals surface area contributed by atoms with Gasteiger partial charge in [-0.25, -0.2) is 15.0 Å². The molecule has 0 saturated carbocycles. The lowest BCUT2D eigenvalue weighted by Crippen LogP contribution is -2.41. The van der Waals surface area contributed by atoms with Crippen molar-refractivity contribution in [1.29, 1.82) is 0 Å². The fourth-order valence-electron chi connectivity index (χ4n) is 6.89. The third kappa shape index (κ3) is 8.84. The number of aliphatic carboxylic acids is 1. The van der Waals surface area contributed by atoms with Crippen LogP contribution in [0.25, 0.3) is 11.2 Å². The quantitative estimate of drug-likeness (QED) is 0.0830. The molecular formula is C43H41N5O11. The average Bonchev–Trinajstić information content (AvgIpc) is 3.84. The molecule has 0 bridgehead atoms. The number of carboxylic acids is 1. The molecule has 304 valence electrons. The monoisotopic (exact) mass is 803 g/mol. The number of benzene rings is 4. The topological polar surface area (TPSA) is 203 Å². The van der Waals surface area contributed by atoms with Crippen molar-refractivity contribution in [3.63, 3.8) is 0 Å². The number of aromatic nitrogens is 4. The van der Waals surface area contributed by atoms with Gasteiger partial charge in [-0.1, -0.05) is 72.8 Å². The Balaban J connectivity index is 1.22. The Morgan fingerprint density at radius 1 is 0.780 bits per heavy atom. The number of nitrogens with zero attached hydrogens (tertiary/aromatic N) is 4. The van der Waals surface area contributed by atoms with E-state index in [4.69, 9.17) is 28.4 Å². The van der Waals surface area contributed by atoms with Crippen LogP contribution >= 0.6 is 0 Å². The molecule has 6 aromatic rings. The maximum absolute atomic E-state index is 13.1. The number of amides is 1. The minimum absolute atomic E-state index is 0.0889. The van der Waals surface area contributed by atoms with Crippen LogP contribution in [-0.4, -0.2) is 93.3 Å². The van der Waals surface area contributed by atoms with Gasteiger partial charge in [-0.3, -0.25) is 19.0 Å². The first-order valence-electron chi connectivity index (χ1n) is 18.6. The summed E-state index contributed by atoms with van der Waals surface area (Å²) in [6.45, 7) is -0.545. The normalized spacial score (nSPS) is 17.6. The highest BCUT2D eigenvalue weighted by molar-refractivity contribution is 5.97. The van der Waals surface area contributed by atoms with Crippen molar-refractivity contribution >= 4 is 34.8 Å². The van der Waals surface area contributed by atoms with Gasteiger partial charge in [0, 0.05) is 0 Å². The summed E-state index contributed by atoms with van der Waals surface area (Å²) in [6, 6.07) is 33.2. The van der Waals surface area contributed by atoms with Crippen molar-refractivity contribution in [2.45, 2.75) is 43.0 Å². The van der Waals surface area contributed by atoms with E-state index in [0.29, 0.717) is 17.2 Å². The number of rotatable bonds is 17. The standard InChI is InChI=1S/C43H41N5O11/c1-54-30-17-13-28(14-18-30)43(27-9-5-3-6-10-27,29-15-19-31(55-2)20-16-29)57-23-33-39(59-36(52)22-21-35(50)51)38(53)42(58-33)48-26-46-37-40(44-25-45-41(37)48)47-34(49)24-56-32-11-7-4-8-12-32/h3-20,25-26,33,38-39,42,53H,21-24H2,1-2H3,(H,50,51)(H,44,45,47,49)/t33-,38-,39-,42-/m1/s1. The number of fused-ring (bicyclic) bond motifs is 1. The van der Waals surface area contributed by atoms with Crippen LogP contribution in [0.4, 0.5) is 5.82 Å². The van der Waals surface area contributed by atoms with Crippen LogP contribution in [0, 0.1) is 0 Å². The second kappa shape index (κ2) is 18.1. The number of anilines is 1. The summed E-state index contributed by atoms with van der Waals surface area (Å²) in [5, 5.41) is 23.8. The number of ether oxygens (including phenoxy) is 6. The maximum Gasteiger partial charge on any atom is 0.306 e. The molecule has 4 aromatic carbocycles. The fraction of sp³-hybridized carbons (Fsp3) is 0.256. The van der Waals surface area contributed by atoms with Crippen LogP contribution in [0.3, 0.4) is 0 Å². The van der Waals surface area contributed by atoms with Gasteiger partial charge in [0.1, 0.15) is 41.4 Å². The van der Waals surface area contributed by atoms with Gasteiger partial charge >= 0.3 is 11.9 Å². The number of aliphatic hydroxyl groups excluding tert-OH is 1. The lowest BCUT2D eigenvalue weighted by Gasteiger charge is -2.37. The van der Waals surface area contributed by atoms with Gasteiger partial charge < -0.3 is 44.0 Å². The number of hydrogen-bond acceptors (Lipinski definition) is 13. The zero-order chi connectivity index (χ0) is 41.4. The molecule has 1 aliphatic rings. The van der Waals surface area contributed by atoms with E-state index in [1.165, 1.54) is 17.2 Å². The molecule has 0 unspecified atom stereocenters. The number of hydrogen-bond donors (Lipinski definition) is 3. The van der Waals surface area contributed by atoms with Crippen molar-refractivity contribution in [2.75, 3.05) is 32.8 Å². The number of esters is 1. The van der Waals surface area contributed by atoms with Crippen molar-refractivity contribution in [3.05, 3.63) is 139 Å². The first-order chi connectivity index (χ1) is 28.7. The lowest BCUT2D eigenvalue weighted by atomic mass is 9.80. The molecule has 1 fully saturated rings. The number of aliphatic hydroxyl groups is 1. The van der Waals surface area contributed by atoms with Crippen molar-refractivity contribution in [2.24, 2.45) is 0 Å². The SMILES string of the molecule is COc1ccc(C(OC[C@H]2O[C@@H](n3cnc4c(NC(=O)COc5ccccc5)ncnc43)[C@H](O)[C@@H]2OC(=O)CCC(=O)O)(c2ccccc2)c2ccc(OC)cc2)cc1. The third-order valence-corrected chi connectivity index (χ3v) is 9.76. The van der Waals surface area contributed by atoms with E-state index in [9.17, 15) is 24.6 Å². The summed E-state index contributed by atoms with van der Waals surface area (Å²) < 4.78 is 37.2. The van der Waals surface area contributed by atoms with Gasteiger partial charge in [0.15, 0.2) is 35.9 Å². The summed E-state index contributed by atoms with van der Waals surface area (Å²) >= 11 is 0. The van der Waals surface area contributed by atoms with Gasteiger partial charge in [-0.05, 0) is 53.1 Å². The van der Waals surface area contributed by atoms with Crippen LogP contribution in [0.1, 0.15) is 35.8 Å². The Morgan fingerprint density at radius 3 is 2.00 bits per heavy atom. The molecule has 7 rings (SSSR count). The molecule has 59 heavy (non-hydrogen) atoms. The smallest absolute Gasteiger partial charge is 0.306 e. The van der Waals surface area contributed by atoms with Gasteiger partial charge in [0.2, 0.25) is 0 Å². The average molecular weight is 804 g/mol. The van der Waals surface area contributed by atoms with Crippen LogP contribution in [0.5, 0.6) is 17.2 Å². The Labute approximate surface area is 338 Å². The zero-order valence-electron chi connectivity index (χ0n) is 32.0. The molecule has 1 saturated heterocycles. The Hall–Kier alpha value is -6.88. The molecule has 1 aliphatic heterocycles.